The molecule has 182 valence electrons. The number of aromatic nitrogens is 4. The third kappa shape index (κ3) is 4.53. The summed E-state index contributed by atoms with van der Waals surface area (Å²) >= 11 is 0. The third-order valence-corrected chi connectivity index (χ3v) is 6.07. The van der Waals surface area contributed by atoms with E-state index in [1.807, 2.05) is 39.8 Å². The highest BCUT2D eigenvalue weighted by Gasteiger charge is 2.22. The summed E-state index contributed by atoms with van der Waals surface area (Å²) < 4.78 is 17.3. The van der Waals surface area contributed by atoms with E-state index in [4.69, 9.17) is 0 Å². The summed E-state index contributed by atoms with van der Waals surface area (Å²) in [5.41, 5.74) is 4.17. The van der Waals surface area contributed by atoms with Crippen LogP contribution in [0.2, 0.25) is 0 Å². The lowest BCUT2D eigenvalue weighted by molar-refractivity contribution is -0.116. The van der Waals surface area contributed by atoms with Crippen LogP contribution in [0.1, 0.15) is 34.9 Å². The number of fused-ring (bicyclic) bond motifs is 1. The van der Waals surface area contributed by atoms with Crippen molar-refractivity contribution in [3.8, 4) is 0 Å². The summed E-state index contributed by atoms with van der Waals surface area (Å²) in [5, 5.41) is 7.34. The molecule has 35 heavy (non-hydrogen) atoms. The van der Waals surface area contributed by atoms with Gasteiger partial charge >= 0.3 is 5.69 Å². The highest BCUT2D eigenvalue weighted by molar-refractivity contribution is 5.93. The smallest absolute Gasteiger partial charge is 0.324 e. The maximum atomic E-state index is 13.5. The molecule has 0 radical (unpaired) electrons. The van der Waals surface area contributed by atoms with Gasteiger partial charge in [-0.2, -0.15) is 5.10 Å². The Bertz CT molecular complexity index is 1540. The van der Waals surface area contributed by atoms with E-state index in [-0.39, 0.29) is 24.5 Å². The van der Waals surface area contributed by atoms with E-state index >= 15 is 0 Å². The monoisotopic (exact) mass is 477 g/mol. The van der Waals surface area contributed by atoms with Gasteiger partial charge in [0.25, 0.3) is 5.56 Å². The number of carbonyl (C=O) groups excluding carboxylic acids is 1. The Balaban J connectivity index is 1.83. The average molecular weight is 478 g/mol. The Morgan fingerprint density at radius 3 is 2.20 bits per heavy atom. The molecule has 1 amide bonds. The van der Waals surface area contributed by atoms with E-state index in [0.29, 0.717) is 29.0 Å². The first-order valence-corrected chi connectivity index (χ1v) is 11.4. The number of halogens is 1. The maximum absolute atomic E-state index is 13.5. The Kier molecular flexibility index (Phi) is 6.43. The largest absolute Gasteiger partial charge is 0.332 e. The molecule has 8 nitrogen and oxygen atoms in total. The second kappa shape index (κ2) is 9.32. The van der Waals surface area contributed by atoms with Crippen molar-refractivity contribution in [2.75, 3.05) is 5.32 Å². The molecule has 0 saturated carbocycles. The van der Waals surface area contributed by atoms with Gasteiger partial charge < -0.3 is 5.32 Å². The molecule has 9 heteroatoms. The molecule has 1 N–H and O–H groups in total. The minimum atomic E-state index is -0.627. The highest BCUT2D eigenvalue weighted by atomic mass is 19.1. The fourth-order valence-corrected chi connectivity index (χ4v) is 4.55. The predicted molar refractivity (Wildman–Crippen MR) is 133 cm³/mol. The molecule has 0 atom stereocenters. The van der Waals surface area contributed by atoms with Gasteiger partial charge in [0.1, 0.15) is 17.9 Å². The zero-order valence-corrected chi connectivity index (χ0v) is 20.5. The molecule has 0 fully saturated rings. The first-order valence-electron chi connectivity index (χ1n) is 11.4. The van der Waals surface area contributed by atoms with Crippen LogP contribution in [0.5, 0.6) is 0 Å². The topological polar surface area (TPSA) is 90.9 Å². The van der Waals surface area contributed by atoms with E-state index < -0.39 is 17.1 Å². The lowest BCUT2D eigenvalue weighted by Gasteiger charge is -2.15. The number of amides is 1. The summed E-state index contributed by atoms with van der Waals surface area (Å²) in [6.45, 7) is 9.45. The number of aryl methyl sites for hydroxylation is 5. The van der Waals surface area contributed by atoms with Crippen molar-refractivity contribution in [1.82, 2.24) is 18.9 Å². The second-order valence-electron chi connectivity index (χ2n) is 8.81. The van der Waals surface area contributed by atoms with Crippen LogP contribution in [0.3, 0.4) is 0 Å². The van der Waals surface area contributed by atoms with Gasteiger partial charge in [0.05, 0.1) is 12.2 Å². The van der Waals surface area contributed by atoms with Crippen molar-refractivity contribution >= 4 is 22.6 Å². The average Bonchev–Trinajstić information content (AvgIpc) is 3.14. The van der Waals surface area contributed by atoms with E-state index in [1.165, 1.54) is 33.5 Å². The van der Waals surface area contributed by atoms with Gasteiger partial charge in [0.2, 0.25) is 5.91 Å². The number of benzene rings is 2. The molecular formula is C26H28FN5O3. The zero-order valence-electron chi connectivity index (χ0n) is 20.5. The van der Waals surface area contributed by atoms with Crippen molar-refractivity contribution in [3.05, 3.63) is 91.0 Å². The van der Waals surface area contributed by atoms with Crippen molar-refractivity contribution < 1.29 is 9.18 Å². The highest BCUT2D eigenvalue weighted by Crippen LogP contribution is 2.22. The summed E-state index contributed by atoms with van der Waals surface area (Å²) in [4.78, 5) is 40.0. The summed E-state index contributed by atoms with van der Waals surface area (Å²) in [7, 11) is 0. The van der Waals surface area contributed by atoms with Crippen LogP contribution in [0.4, 0.5) is 10.1 Å². The minimum absolute atomic E-state index is 0.0559. The van der Waals surface area contributed by atoms with Gasteiger partial charge in [-0.1, -0.05) is 29.8 Å². The fourth-order valence-electron chi connectivity index (χ4n) is 4.55. The molecule has 4 rings (SSSR count). The predicted octanol–water partition coefficient (Wildman–Crippen LogP) is 3.44. The van der Waals surface area contributed by atoms with Crippen LogP contribution in [0, 0.1) is 33.5 Å². The molecular weight excluding hydrogens is 449 g/mol. The number of hydrogen-bond acceptors (Lipinski definition) is 4. The van der Waals surface area contributed by atoms with Crippen LogP contribution in [-0.4, -0.2) is 24.8 Å². The number of hydrogen-bond donors (Lipinski definition) is 1. The van der Waals surface area contributed by atoms with Crippen molar-refractivity contribution in [3.63, 3.8) is 0 Å². The summed E-state index contributed by atoms with van der Waals surface area (Å²) in [6.07, 6.45) is 0. The van der Waals surface area contributed by atoms with Gasteiger partial charge in [-0.3, -0.25) is 23.4 Å². The molecule has 0 aliphatic carbocycles. The van der Waals surface area contributed by atoms with E-state index in [9.17, 15) is 18.8 Å². The second-order valence-corrected chi connectivity index (χ2v) is 8.81. The molecule has 4 aromatic rings. The summed E-state index contributed by atoms with van der Waals surface area (Å²) in [5.74, 6) is -0.800. The van der Waals surface area contributed by atoms with E-state index in [0.717, 1.165) is 21.3 Å². The van der Waals surface area contributed by atoms with E-state index in [1.54, 1.807) is 6.92 Å². The maximum Gasteiger partial charge on any atom is 0.332 e. The van der Waals surface area contributed by atoms with Gasteiger partial charge in [-0.25, -0.2) is 9.18 Å². The first kappa shape index (κ1) is 24.1. The van der Waals surface area contributed by atoms with Gasteiger partial charge in [-0.05, 0) is 63.4 Å². The molecule has 0 aliphatic rings. The van der Waals surface area contributed by atoms with Crippen LogP contribution >= 0.6 is 0 Å². The SMILES string of the molecule is CCn1nc(C)c2c1c(=O)n(Cc1ccc(F)cc1)c(=O)n2CC(=O)Nc1c(C)cc(C)cc1C. The van der Waals surface area contributed by atoms with Crippen molar-refractivity contribution in [1.29, 1.82) is 0 Å². The molecule has 0 spiro atoms. The standard InChI is InChI=1S/C26H28FN5O3/c1-6-32-24-23(18(5)29-32)30(14-21(33)28-22-16(3)11-15(2)12-17(22)4)26(35)31(25(24)34)13-19-7-9-20(27)10-8-19/h7-12H,6,13-14H2,1-5H3,(H,28,33). The van der Waals surface area contributed by atoms with Gasteiger partial charge in [0.15, 0.2) is 5.52 Å². The number of carbonyl (C=O) groups is 1. The molecule has 2 aromatic carbocycles. The number of rotatable bonds is 6. The lowest BCUT2D eigenvalue weighted by atomic mass is 10.1. The number of anilines is 1. The molecule has 0 saturated heterocycles. The fraction of sp³-hybridized carbons (Fsp3) is 0.308. The van der Waals surface area contributed by atoms with Crippen LogP contribution in [0.15, 0.2) is 46.0 Å². The Labute approximate surface area is 201 Å². The first-order chi connectivity index (χ1) is 16.6. The molecule has 0 unspecified atom stereocenters. The molecule has 2 heterocycles. The Morgan fingerprint density at radius 1 is 0.971 bits per heavy atom. The molecule has 0 aliphatic heterocycles. The quantitative estimate of drug-likeness (QED) is 0.461. The van der Waals surface area contributed by atoms with Crippen LogP contribution in [0.25, 0.3) is 11.0 Å². The third-order valence-electron chi connectivity index (χ3n) is 6.07. The molecule has 0 bridgehead atoms. The lowest BCUT2D eigenvalue weighted by Crippen LogP contribution is -2.42. The van der Waals surface area contributed by atoms with Crippen LogP contribution in [-0.2, 0) is 24.4 Å². The Hall–Kier alpha value is -4.01. The zero-order chi connectivity index (χ0) is 25.4. The minimum Gasteiger partial charge on any atom is -0.324 e. The number of nitrogens with zero attached hydrogens (tertiary/aromatic N) is 4. The van der Waals surface area contributed by atoms with Crippen LogP contribution < -0.4 is 16.6 Å². The van der Waals surface area contributed by atoms with Gasteiger partial charge in [-0.15, -0.1) is 0 Å². The van der Waals surface area contributed by atoms with E-state index in [2.05, 4.69) is 10.4 Å². The normalized spacial score (nSPS) is 11.3. The van der Waals surface area contributed by atoms with Gasteiger partial charge in [0, 0.05) is 12.2 Å². The number of nitrogens with one attached hydrogen (secondary N) is 1. The molecule has 2 aromatic heterocycles. The van der Waals surface area contributed by atoms with Crippen molar-refractivity contribution in [2.24, 2.45) is 0 Å². The summed E-state index contributed by atoms with van der Waals surface area (Å²) in [6, 6.07) is 9.55. The van der Waals surface area contributed by atoms with Crippen molar-refractivity contribution in [2.45, 2.75) is 54.3 Å². The Morgan fingerprint density at radius 2 is 1.60 bits per heavy atom.